The predicted molar refractivity (Wildman–Crippen MR) is 188 cm³/mol. The van der Waals surface area contributed by atoms with E-state index in [0.717, 1.165) is 0 Å². The summed E-state index contributed by atoms with van der Waals surface area (Å²) in [6.07, 6.45) is -1.50. The van der Waals surface area contributed by atoms with Gasteiger partial charge in [-0.05, 0) is 43.7 Å². The zero-order valence-electron chi connectivity index (χ0n) is 29.9. The Balaban J connectivity index is 2.36. The van der Waals surface area contributed by atoms with Gasteiger partial charge in [0, 0.05) is 36.4 Å². The van der Waals surface area contributed by atoms with Crippen LogP contribution in [-0.2, 0) is 49.6 Å². The van der Waals surface area contributed by atoms with Crippen molar-refractivity contribution in [2.75, 3.05) is 0 Å². The summed E-state index contributed by atoms with van der Waals surface area (Å²) in [5.41, 5.74) is 7.02. The topological polar surface area (TPSA) is 337 Å². The molecule has 1 aromatic heterocycles. The van der Waals surface area contributed by atoms with Crippen LogP contribution in [0.2, 0.25) is 0 Å². The molecule has 5 amide bonds. The number of aromatic amines is 1. The summed E-state index contributed by atoms with van der Waals surface area (Å²) >= 11 is 0. The molecule has 0 aliphatic heterocycles. The molecule has 0 radical (unpaired) electrons. The number of aliphatic carboxylic acids is 4. The molecule has 20 nitrogen and oxygen atoms in total. The van der Waals surface area contributed by atoms with Crippen molar-refractivity contribution in [1.82, 2.24) is 31.6 Å². The van der Waals surface area contributed by atoms with E-state index in [1.165, 1.54) is 6.92 Å². The van der Waals surface area contributed by atoms with Gasteiger partial charge < -0.3 is 57.7 Å². The summed E-state index contributed by atoms with van der Waals surface area (Å²) < 4.78 is 0. The molecule has 20 heteroatoms. The largest absolute Gasteiger partial charge is 0.481 e. The van der Waals surface area contributed by atoms with Crippen LogP contribution in [0.1, 0.15) is 64.9 Å². The second-order valence-electron chi connectivity index (χ2n) is 13.1. The third-order valence-electron chi connectivity index (χ3n) is 8.10. The molecule has 0 aliphatic rings. The van der Waals surface area contributed by atoms with E-state index in [4.69, 9.17) is 10.8 Å². The number of nitrogens with two attached hydrogens (primary N) is 1. The molecule has 54 heavy (non-hydrogen) atoms. The molecule has 296 valence electrons. The molecule has 0 fully saturated rings. The molecule has 0 bridgehead atoms. The average molecular weight is 762 g/mol. The van der Waals surface area contributed by atoms with Gasteiger partial charge in [0.25, 0.3) is 0 Å². The first kappa shape index (κ1) is 44.1. The van der Waals surface area contributed by atoms with Crippen LogP contribution in [0, 0.1) is 5.92 Å². The van der Waals surface area contributed by atoms with Crippen LogP contribution in [0.4, 0.5) is 0 Å². The maximum Gasteiger partial charge on any atom is 0.325 e. The molecule has 0 spiro atoms. The minimum absolute atomic E-state index is 0.00530. The average Bonchev–Trinajstić information content (AvgIpc) is 3.49. The van der Waals surface area contributed by atoms with Crippen LogP contribution >= 0.6 is 0 Å². The van der Waals surface area contributed by atoms with Crippen LogP contribution in [0.3, 0.4) is 0 Å². The van der Waals surface area contributed by atoms with Crippen LogP contribution in [0.5, 0.6) is 0 Å². The number of rotatable bonds is 23. The number of H-pyrrole nitrogens is 1. The number of para-hydroxylation sites is 1. The molecule has 2 aromatic rings. The number of hydrogen-bond donors (Lipinski definition) is 11. The molecule has 0 saturated carbocycles. The van der Waals surface area contributed by atoms with Crippen molar-refractivity contribution in [3.63, 3.8) is 0 Å². The lowest BCUT2D eigenvalue weighted by Gasteiger charge is -2.27. The van der Waals surface area contributed by atoms with Crippen molar-refractivity contribution in [3.8, 4) is 0 Å². The summed E-state index contributed by atoms with van der Waals surface area (Å²) in [7, 11) is 0. The SMILES string of the molecule is CC(C)C[C@H](NC(=O)[C@@H](N)CCC(=O)O)C(=O)N[C@@H](CC(=O)O)C(=O)N[C@@H](CCC(=O)O)C(=O)N[C@@H](Cc1c[nH]c2ccccc12)C(=O)N[C@@H](C)C(=O)O. The van der Waals surface area contributed by atoms with Gasteiger partial charge in [-0.3, -0.25) is 43.2 Å². The Morgan fingerprint density at radius 1 is 0.648 bits per heavy atom. The van der Waals surface area contributed by atoms with Crippen molar-refractivity contribution in [1.29, 1.82) is 0 Å². The Bertz CT molecular complexity index is 1710. The zero-order valence-corrected chi connectivity index (χ0v) is 29.9. The van der Waals surface area contributed by atoms with Gasteiger partial charge in [-0.15, -0.1) is 0 Å². The number of fused-ring (bicyclic) bond motifs is 1. The summed E-state index contributed by atoms with van der Waals surface area (Å²) in [6, 6.07) is -2.01. The zero-order chi connectivity index (χ0) is 40.7. The number of nitrogens with one attached hydrogen (secondary N) is 6. The van der Waals surface area contributed by atoms with E-state index in [1.54, 1.807) is 44.3 Å². The normalized spacial score (nSPS) is 14.4. The number of carboxylic acids is 4. The van der Waals surface area contributed by atoms with Gasteiger partial charge in [0.2, 0.25) is 29.5 Å². The van der Waals surface area contributed by atoms with Crippen LogP contribution in [0.15, 0.2) is 30.5 Å². The van der Waals surface area contributed by atoms with E-state index < -0.39 is 115 Å². The van der Waals surface area contributed by atoms with Crippen molar-refractivity contribution in [2.24, 2.45) is 11.7 Å². The highest BCUT2D eigenvalue weighted by molar-refractivity contribution is 5.98. The second kappa shape index (κ2) is 20.9. The fourth-order valence-corrected chi connectivity index (χ4v) is 5.23. The lowest BCUT2D eigenvalue weighted by atomic mass is 10.0. The van der Waals surface area contributed by atoms with Gasteiger partial charge in [0.15, 0.2) is 0 Å². The molecule has 1 heterocycles. The van der Waals surface area contributed by atoms with Gasteiger partial charge in [-0.1, -0.05) is 32.0 Å². The summed E-state index contributed by atoms with van der Waals surface area (Å²) in [5.74, 6) is -10.8. The van der Waals surface area contributed by atoms with Crippen molar-refractivity contribution in [3.05, 3.63) is 36.0 Å². The molecule has 0 saturated heterocycles. The number of hydrogen-bond acceptors (Lipinski definition) is 10. The predicted octanol–water partition coefficient (Wildman–Crippen LogP) is -1.18. The minimum Gasteiger partial charge on any atom is -0.481 e. The van der Waals surface area contributed by atoms with E-state index in [1.807, 2.05) is 0 Å². The first-order valence-electron chi connectivity index (χ1n) is 17.0. The van der Waals surface area contributed by atoms with Gasteiger partial charge in [-0.25, -0.2) is 0 Å². The Labute approximate surface area is 309 Å². The van der Waals surface area contributed by atoms with Gasteiger partial charge in [-0.2, -0.15) is 0 Å². The number of carbonyl (C=O) groups is 9. The van der Waals surface area contributed by atoms with E-state index in [-0.39, 0.29) is 25.2 Å². The monoisotopic (exact) mass is 761 g/mol. The highest BCUT2D eigenvalue weighted by atomic mass is 16.4. The Morgan fingerprint density at radius 2 is 1.17 bits per heavy atom. The van der Waals surface area contributed by atoms with Crippen molar-refractivity contribution >= 4 is 64.3 Å². The standard InChI is InChI=1S/C34H47N7O13/c1-16(2)12-23(39-29(48)20(35)8-10-26(42)43)32(51)41-25(14-28(46)47)33(52)38-22(9-11-27(44)45)30(49)40-24(31(50)37-17(3)34(53)54)13-18-15-36-21-7-5-4-6-19(18)21/h4-7,15-17,20,22-25,36H,8-14,35H2,1-3H3,(H,37,50)(H,38,52)(H,39,48)(H,40,49)(H,41,51)(H,42,43)(H,44,45)(H,46,47)(H,53,54)/t17-,20-,22-,23-,24-,25-/m0/s1. The molecule has 6 atom stereocenters. The third kappa shape index (κ3) is 14.5. The van der Waals surface area contributed by atoms with Crippen LogP contribution < -0.4 is 32.3 Å². The summed E-state index contributed by atoms with van der Waals surface area (Å²) in [5, 5.41) is 49.4. The number of amides is 5. The molecule has 0 unspecified atom stereocenters. The van der Waals surface area contributed by atoms with E-state index in [0.29, 0.717) is 16.5 Å². The van der Waals surface area contributed by atoms with Crippen LogP contribution in [-0.4, -0.2) is 115 Å². The van der Waals surface area contributed by atoms with Gasteiger partial charge >= 0.3 is 23.9 Å². The Kier molecular flexibility index (Phi) is 17.0. The van der Waals surface area contributed by atoms with Gasteiger partial charge in [0.1, 0.15) is 30.2 Å². The highest BCUT2D eigenvalue weighted by Gasteiger charge is 2.34. The van der Waals surface area contributed by atoms with Crippen LogP contribution in [0.25, 0.3) is 10.9 Å². The quantitative estimate of drug-likeness (QED) is 0.0635. The number of carbonyl (C=O) groups excluding carboxylic acids is 5. The number of benzene rings is 1. The first-order valence-corrected chi connectivity index (χ1v) is 17.0. The fourth-order valence-electron chi connectivity index (χ4n) is 5.23. The van der Waals surface area contributed by atoms with Crippen molar-refractivity contribution in [2.45, 2.75) is 102 Å². The lowest BCUT2D eigenvalue weighted by molar-refractivity contribution is -0.142. The minimum atomic E-state index is -1.86. The van der Waals surface area contributed by atoms with Crippen molar-refractivity contribution < 1.29 is 63.6 Å². The molecule has 2 rings (SSSR count). The fraction of sp³-hybridized carbons (Fsp3) is 0.500. The maximum absolute atomic E-state index is 13.7. The molecule has 1 aromatic carbocycles. The maximum atomic E-state index is 13.7. The molecular formula is C34H47N7O13. The van der Waals surface area contributed by atoms with E-state index in [2.05, 4.69) is 31.6 Å². The highest BCUT2D eigenvalue weighted by Crippen LogP contribution is 2.19. The Hall–Kier alpha value is -6.05. The van der Waals surface area contributed by atoms with Gasteiger partial charge in [0.05, 0.1) is 12.5 Å². The summed E-state index contributed by atoms with van der Waals surface area (Å²) in [6.45, 7) is 4.61. The smallest absolute Gasteiger partial charge is 0.325 e. The Morgan fingerprint density at radius 3 is 1.76 bits per heavy atom. The third-order valence-corrected chi connectivity index (χ3v) is 8.10. The molecule has 12 N–H and O–H groups in total. The number of aromatic nitrogens is 1. The second-order valence-corrected chi connectivity index (χ2v) is 13.1. The van der Waals surface area contributed by atoms with E-state index >= 15 is 0 Å². The lowest BCUT2D eigenvalue weighted by Crippen LogP contribution is -2.59. The number of carboxylic acid groups (broad SMARTS) is 4. The molecule has 0 aliphatic carbocycles. The first-order chi connectivity index (χ1) is 25.3. The summed E-state index contributed by atoms with van der Waals surface area (Å²) in [4.78, 5) is 115. The molecular weight excluding hydrogens is 714 g/mol. The van der Waals surface area contributed by atoms with E-state index in [9.17, 15) is 58.5 Å².